The molecule has 2 aliphatic rings. The van der Waals surface area contributed by atoms with Gasteiger partial charge in [0.1, 0.15) is 5.78 Å². The van der Waals surface area contributed by atoms with Crippen LogP contribution in [-0.2, 0) is 14.3 Å². The van der Waals surface area contributed by atoms with E-state index >= 15 is 0 Å². The van der Waals surface area contributed by atoms with Crippen LogP contribution in [-0.4, -0.2) is 42.9 Å². The van der Waals surface area contributed by atoms with Crippen molar-refractivity contribution >= 4 is 11.7 Å². The SMILES string of the molecule is CN(C(=O)C1CCCOC1)C1CCC(=O)CC1. The Morgan fingerprint density at radius 2 is 2.00 bits per heavy atom. The summed E-state index contributed by atoms with van der Waals surface area (Å²) < 4.78 is 5.36. The second-order valence-corrected chi connectivity index (χ2v) is 5.13. The van der Waals surface area contributed by atoms with E-state index in [9.17, 15) is 9.59 Å². The van der Waals surface area contributed by atoms with Crippen molar-refractivity contribution in [3.8, 4) is 0 Å². The summed E-state index contributed by atoms with van der Waals surface area (Å²) >= 11 is 0. The standard InChI is InChI=1S/C13H21NO3/c1-14(11-4-6-12(15)7-5-11)13(16)10-3-2-8-17-9-10/h10-11H,2-9H2,1H3. The van der Waals surface area contributed by atoms with Crippen molar-refractivity contribution in [1.82, 2.24) is 4.90 Å². The number of hydrogen-bond acceptors (Lipinski definition) is 3. The molecule has 1 aliphatic carbocycles. The minimum Gasteiger partial charge on any atom is -0.381 e. The number of nitrogens with zero attached hydrogens (tertiary/aromatic N) is 1. The molecule has 2 rings (SSSR count). The van der Waals surface area contributed by atoms with E-state index < -0.39 is 0 Å². The molecule has 1 saturated heterocycles. The largest absolute Gasteiger partial charge is 0.381 e. The van der Waals surface area contributed by atoms with E-state index in [1.165, 1.54) is 0 Å². The van der Waals surface area contributed by atoms with E-state index in [1.54, 1.807) is 0 Å². The van der Waals surface area contributed by atoms with Crippen LogP contribution in [0.1, 0.15) is 38.5 Å². The smallest absolute Gasteiger partial charge is 0.228 e. The van der Waals surface area contributed by atoms with Crippen molar-refractivity contribution in [1.29, 1.82) is 0 Å². The van der Waals surface area contributed by atoms with Crippen LogP contribution in [0.3, 0.4) is 0 Å². The topological polar surface area (TPSA) is 46.6 Å². The van der Waals surface area contributed by atoms with Gasteiger partial charge in [0.15, 0.2) is 0 Å². The highest BCUT2D eigenvalue weighted by Gasteiger charge is 2.30. The Kier molecular flexibility index (Phi) is 4.15. The van der Waals surface area contributed by atoms with Crippen molar-refractivity contribution in [2.24, 2.45) is 5.92 Å². The highest BCUT2D eigenvalue weighted by Crippen LogP contribution is 2.23. The van der Waals surface area contributed by atoms with E-state index in [2.05, 4.69) is 0 Å². The van der Waals surface area contributed by atoms with Crippen molar-refractivity contribution in [2.75, 3.05) is 20.3 Å². The van der Waals surface area contributed by atoms with Crippen LogP contribution in [0.5, 0.6) is 0 Å². The summed E-state index contributed by atoms with van der Waals surface area (Å²) in [5.41, 5.74) is 0. The molecule has 1 atom stereocenters. The summed E-state index contributed by atoms with van der Waals surface area (Å²) in [6, 6.07) is 0.252. The maximum absolute atomic E-state index is 12.2. The summed E-state index contributed by atoms with van der Waals surface area (Å²) in [4.78, 5) is 25.3. The first-order chi connectivity index (χ1) is 8.18. The number of ketones is 1. The van der Waals surface area contributed by atoms with Crippen LogP contribution >= 0.6 is 0 Å². The first-order valence-corrected chi connectivity index (χ1v) is 6.54. The molecule has 0 aromatic rings. The van der Waals surface area contributed by atoms with Crippen LogP contribution in [0.15, 0.2) is 0 Å². The molecule has 1 saturated carbocycles. The lowest BCUT2D eigenvalue weighted by Crippen LogP contribution is -2.44. The summed E-state index contributed by atoms with van der Waals surface area (Å²) in [5.74, 6) is 0.568. The first kappa shape index (κ1) is 12.6. The van der Waals surface area contributed by atoms with Gasteiger partial charge < -0.3 is 9.64 Å². The number of rotatable bonds is 2. The molecular formula is C13H21NO3. The molecule has 1 unspecified atom stereocenters. The molecule has 0 aromatic heterocycles. The summed E-state index contributed by atoms with van der Waals surface area (Å²) in [6.45, 7) is 1.35. The van der Waals surface area contributed by atoms with Gasteiger partial charge in [-0.05, 0) is 25.7 Å². The fourth-order valence-electron chi connectivity index (χ4n) is 2.72. The quantitative estimate of drug-likeness (QED) is 0.731. The van der Waals surface area contributed by atoms with E-state index in [4.69, 9.17) is 4.74 Å². The highest BCUT2D eigenvalue weighted by molar-refractivity contribution is 5.81. The molecule has 0 radical (unpaired) electrons. The third-order valence-corrected chi connectivity index (χ3v) is 3.92. The maximum atomic E-state index is 12.2. The Hall–Kier alpha value is -0.900. The van der Waals surface area contributed by atoms with Gasteiger partial charge in [-0.2, -0.15) is 0 Å². The molecule has 1 heterocycles. The number of hydrogen-bond donors (Lipinski definition) is 0. The lowest BCUT2D eigenvalue weighted by Gasteiger charge is -2.34. The van der Waals surface area contributed by atoms with Crippen molar-refractivity contribution in [3.05, 3.63) is 0 Å². The molecule has 0 aromatic carbocycles. The summed E-state index contributed by atoms with van der Waals surface area (Å²) in [6.07, 6.45) is 4.83. The molecule has 17 heavy (non-hydrogen) atoms. The van der Waals surface area contributed by atoms with Crippen LogP contribution in [0.4, 0.5) is 0 Å². The first-order valence-electron chi connectivity index (χ1n) is 6.54. The van der Waals surface area contributed by atoms with Gasteiger partial charge in [0.25, 0.3) is 0 Å². The lowest BCUT2D eigenvalue weighted by molar-refractivity contribution is -0.142. The predicted octanol–water partition coefficient (Wildman–Crippen LogP) is 1.38. The second kappa shape index (κ2) is 5.63. The summed E-state index contributed by atoms with van der Waals surface area (Å²) in [5, 5.41) is 0. The Morgan fingerprint density at radius 1 is 1.29 bits per heavy atom. The fourth-order valence-corrected chi connectivity index (χ4v) is 2.72. The van der Waals surface area contributed by atoms with Gasteiger partial charge in [0.2, 0.25) is 5.91 Å². The van der Waals surface area contributed by atoms with Gasteiger partial charge in [-0.3, -0.25) is 9.59 Å². The lowest BCUT2D eigenvalue weighted by atomic mass is 9.92. The normalized spacial score (nSPS) is 26.9. The molecule has 96 valence electrons. The molecule has 4 nitrogen and oxygen atoms in total. The molecule has 4 heteroatoms. The van der Waals surface area contributed by atoms with E-state index in [-0.39, 0.29) is 17.9 Å². The van der Waals surface area contributed by atoms with Gasteiger partial charge >= 0.3 is 0 Å². The van der Waals surface area contributed by atoms with Gasteiger partial charge in [0.05, 0.1) is 12.5 Å². The van der Waals surface area contributed by atoms with Gasteiger partial charge in [-0.25, -0.2) is 0 Å². The Labute approximate surface area is 102 Å². The van der Waals surface area contributed by atoms with E-state index in [1.807, 2.05) is 11.9 Å². The number of amides is 1. The fraction of sp³-hybridized carbons (Fsp3) is 0.846. The number of carbonyl (C=O) groups is 2. The molecule has 1 aliphatic heterocycles. The highest BCUT2D eigenvalue weighted by atomic mass is 16.5. The van der Waals surface area contributed by atoms with E-state index in [0.29, 0.717) is 25.2 Å². The van der Waals surface area contributed by atoms with Crippen molar-refractivity contribution in [2.45, 2.75) is 44.6 Å². The van der Waals surface area contributed by atoms with Crippen LogP contribution < -0.4 is 0 Å². The van der Waals surface area contributed by atoms with Crippen molar-refractivity contribution in [3.63, 3.8) is 0 Å². The van der Waals surface area contributed by atoms with Crippen LogP contribution in [0.25, 0.3) is 0 Å². The predicted molar refractivity (Wildman–Crippen MR) is 63.6 cm³/mol. The zero-order chi connectivity index (χ0) is 12.3. The zero-order valence-electron chi connectivity index (χ0n) is 10.5. The maximum Gasteiger partial charge on any atom is 0.228 e. The average Bonchev–Trinajstić information content (AvgIpc) is 2.39. The molecule has 0 bridgehead atoms. The number of carbonyl (C=O) groups excluding carboxylic acids is 2. The minimum atomic E-state index is 0.0337. The van der Waals surface area contributed by atoms with Crippen LogP contribution in [0, 0.1) is 5.92 Å². The molecular weight excluding hydrogens is 218 g/mol. The van der Waals surface area contributed by atoms with Gasteiger partial charge in [0, 0.05) is 32.5 Å². The number of Topliss-reactive ketones (excluding diaryl/α,β-unsaturated/α-hetero) is 1. The minimum absolute atomic E-state index is 0.0337. The number of ether oxygens (including phenoxy) is 1. The second-order valence-electron chi connectivity index (χ2n) is 5.13. The Balaban J connectivity index is 1.87. The third kappa shape index (κ3) is 3.06. The van der Waals surface area contributed by atoms with Crippen LogP contribution in [0.2, 0.25) is 0 Å². The molecule has 1 amide bonds. The van der Waals surface area contributed by atoms with Gasteiger partial charge in [-0.15, -0.1) is 0 Å². The Bertz CT molecular complexity index is 287. The third-order valence-electron chi connectivity index (χ3n) is 3.92. The summed E-state index contributed by atoms with van der Waals surface area (Å²) in [7, 11) is 1.87. The van der Waals surface area contributed by atoms with E-state index in [0.717, 1.165) is 32.3 Å². The monoisotopic (exact) mass is 239 g/mol. The van der Waals surface area contributed by atoms with Gasteiger partial charge in [-0.1, -0.05) is 0 Å². The molecule has 0 spiro atoms. The average molecular weight is 239 g/mol. The molecule has 2 fully saturated rings. The molecule has 0 N–H and O–H groups in total. The zero-order valence-corrected chi connectivity index (χ0v) is 10.5. The van der Waals surface area contributed by atoms with Crippen molar-refractivity contribution < 1.29 is 14.3 Å². The Morgan fingerprint density at radius 3 is 2.59 bits per heavy atom.